The summed E-state index contributed by atoms with van der Waals surface area (Å²) in [5, 5.41) is 28.0. The topological polar surface area (TPSA) is 364 Å². The average Bonchev–Trinajstić information content (AvgIpc) is 3.84. The number of amides is 2. The molecule has 0 saturated carbocycles. The van der Waals surface area contributed by atoms with Crippen LogP contribution < -0.4 is 16.4 Å². The van der Waals surface area contributed by atoms with Gasteiger partial charge in [-0.05, 0) is 11.4 Å². The molecule has 10 N–H and O–H groups in total. The number of phosphoric ester groups is 3. The molecule has 1 aliphatic heterocycles. The quantitative estimate of drug-likeness (QED) is 0.0534. The monoisotopic (exact) mass is 877 g/mol. The summed E-state index contributed by atoms with van der Waals surface area (Å²) in [5.41, 5.74) is 4.26. The number of aliphatic hydroxyl groups excluding tert-OH is 2. The zero-order valence-corrected chi connectivity index (χ0v) is 33.0. The minimum Gasteiger partial charge on any atom is -0.386 e. The second kappa shape index (κ2) is 18.7. The Morgan fingerprint density at radius 2 is 1.80 bits per heavy atom. The Morgan fingerprint density at radius 1 is 1.09 bits per heavy atom. The van der Waals surface area contributed by atoms with Gasteiger partial charge in [0.25, 0.3) is 0 Å². The highest BCUT2D eigenvalue weighted by Gasteiger charge is 2.50. The number of nitrogens with two attached hydrogens (primary N) is 1. The Labute approximate surface area is 319 Å². The Balaban J connectivity index is 1.24. The van der Waals surface area contributed by atoms with E-state index in [2.05, 4.69) is 34.4 Å². The highest BCUT2D eigenvalue weighted by Crippen LogP contribution is 2.61. The molecule has 4 heterocycles. The third-order valence-electron chi connectivity index (χ3n) is 7.46. The Hall–Kier alpha value is -2.74. The van der Waals surface area contributed by atoms with E-state index >= 15 is 0 Å². The first-order valence-corrected chi connectivity index (χ1v) is 22.1. The molecule has 0 aliphatic carbocycles. The van der Waals surface area contributed by atoms with Crippen molar-refractivity contribution in [2.24, 2.45) is 5.41 Å². The van der Waals surface area contributed by atoms with Crippen molar-refractivity contribution in [1.82, 2.24) is 30.2 Å². The molecule has 7 unspecified atom stereocenters. The zero-order chi connectivity index (χ0) is 40.8. The highest BCUT2D eigenvalue weighted by atomic mass is 32.2. The highest BCUT2D eigenvalue weighted by molar-refractivity contribution is 8.14. The number of imidazole rings is 1. The molecule has 24 nitrogen and oxygen atoms in total. The number of nitrogens with zero attached hydrogens (tertiary/aromatic N) is 4. The maximum absolute atomic E-state index is 12.7. The number of thiophene rings is 1. The maximum atomic E-state index is 12.7. The maximum Gasteiger partial charge on any atom is 0.481 e. The van der Waals surface area contributed by atoms with Crippen molar-refractivity contribution >= 4 is 80.5 Å². The Bertz CT molecular complexity index is 1970. The van der Waals surface area contributed by atoms with Crippen molar-refractivity contribution in [3.63, 3.8) is 0 Å². The molecule has 2 amide bonds. The molecular formula is C26H38N7O17P3S2. The molecule has 55 heavy (non-hydrogen) atoms. The minimum atomic E-state index is -5.57. The van der Waals surface area contributed by atoms with Gasteiger partial charge in [-0.3, -0.25) is 32.5 Å². The summed E-state index contributed by atoms with van der Waals surface area (Å²) in [6.07, 6.45) is -6.92. The van der Waals surface area contributed by atoms with Crippen LogP contribution in [0, 0.1) is 5.41 Å². The molecule has 0 bridgehead atoms. The van der Waals surface area contributed by atoms with Gasteiger partial charge in [-0.1, -0.05) is 31.7 Å². The molecule has 0 radical (unpaired) electrons. The molecule has 0 aromatic carbocycles. The van der Waals surface area contributed by atoms with Gasteiger partial charge in [0, 0.05) is 30.7 Å². The van der Waals surface area contributed by atoms with Gasteiger partial charge < -0.3 is 50.9 Å². The molecule has 1 saturated heterocycles. The van der Waals surface area contributed by atoms with Crippen LogP contribution >= 0.6 is 46.6 Å². The van der Waals surface area contributed by atoms with Crippen molar-refractivity contribution in [1.29, 1.82) is 0 Å². The summed E-state index contributed by atoms with van der Waals surface area (Å²) < 4.78 is 62.0. The fourth-order valence-electron chi connectivity index (χ4n) is 4.74. The van der Waals surface area contributed by atoms with E-state index in [-0.39, 0.29) is 41.6 Å². The lowest BCUT2D eigenvalue weighted by atomic mass is 9.87. The standard InChI is InChI=1S/C26H38N7O17P3S2/c1-26(2,20(36)23(37)29-6-5-16(34)28-7-9-55-25(38)15-4-3-8-54-15)11-47-53(44,45)50-52(42,43)46-10-14-19(49-51(39,40)41)18(35)24(48-14)33-13-32-17-21(27)30-12-31-22(17)33/h3-4,8,12-14,18-20,24,35-36H,5-7,9-11H2,1-2H3,(H,28,34)(H,29,37)(H,42,43)(H,44,45)(H2,27,30,31)(H2,39,40,41). The number of thioether (sulfide) groups is 1. The number of nitrogens with one attached hydrogen (secondary N) is 2. The van der Waals surface area contributed by atoms with E-state index in [4.69, 9.17) is 19.5 Å². The summed E-state index contributed by atoms with van der Waals surface area (Å²) in [6.45, 7) is 0.471. The molecule has 7 atom stereocenters. The van der Waals surface area contributed by atoms with E-state index in [1.54, 1.807) is 17.5 Å². The largest absolute Gasteiger partial charge is 0.481 e. The number of carbonyl (C=O) groups is 3. The second-order valence-electron chi connectivity index (χ2n) is 12.2. The van der Waals surface area contributed by atoms with Crippen LogP contribution in [0.25, 0.3) is 11.2 Å². The number of aliphatic hydroxyl groups is 2. The van der Waals surface area contributed by atoms with Crippen molar-refractivity contribution in [2.75, 3.05) is 37.8 Å². The molecule has 306 valence electrons. The number of aromatic nitrogens is 4. The number of hydrogen-bond donors (Lipinski definition) is 9. The predicted molar refractivity (Wildman–Crippen MR) is 191 cm³/mol. The molecule has 0 spiro atoms. The van der Waals surface area contributed by atoms with Crippen LogP contribution in [0.5, 0.6) is 0 Å². The first-order valence-electron chi connectivity index (χ1n) is 15.7. The second-order valence-corrected chi connectivity index (χ2v) is 18.4. The number of nitrogen functional groups attached to an aromatic ring is 1. The normalized spacial score (nSPS) is 21.8. The molecular weight excluding hydrogens is 839 g/mol. The molecule has 1 aliphatic rings. The van der Waals surface area contributed by atoms with E-state index in [9.17, 15) is 57.9 Å². The van der Waals surface area contributed by atoms with E-state index in [1.165, 1.54) is 25.2 Å². The number of fused-ring (bicyclic) bond motifs is 1. The first kappa shape index (κ1) is 45.0. The zero-order valence-electron chi connectivity index (χ0n) is 28.7. The van der Waals surface area contributed by atoms with E-state index in [1.807, 2.05) is 0 Å². The lowest BCUT2D eigenvalue weighted by Gasteiger charge is -2.30. The van der Waals surface area contributed by atoms with Gasteiger partial charge in [0.05, 0.1) is 24.4 Å². The Morgan fingerprint density at radius 3 is 2.47 bits per heavy atom. The van der Waals surface area contributed by atoms with Crippen LogP contribution in [0.3, 0.4) is 0 Å². The number of ether oxygens (including phenoxy) is 1. The summed E-state index contributed by atoms with van der Waals surface area (Å²) >= 11 is 2.34. The fourth-order valence-corrected chi connectivity index (χ4v) is 9.05. The van der Waals surface area contributed by atoms with Crippen LogP contribution in [-0.2, 0) is 45.9 Å². The first-order chi connectivity index (χ1) is 25.6. The van der Waals surface area contributed by atoms with Crippen LogP contribution in [0.4, 0.5) is 5.82 Å². The minimum absolute atomic E-state index is 0.0299. The fraction of sp³-hybridized carbons (Fsp3) is 0.538. The van der Waals surface area contributed by atoms with E-state index in [0.29, 0.717) is 10.6 Å². The summed E-state index contributed by atoms with van der Waals surface area (Å²) in [6, 6.07) is 3.44. The van der Waals surface area contributed by atoms with Gasteiger partial charge in [0.2, 0.25) is 16.9 Å². The molecule has 4 rings (SSSR count). The number of carbonyl (C=O) groups excluding carboxylic acids is 3. The number of phosphoric acid groups is 3. The SMILES string of the molecule is CC(C)(COP(=O)(O)OP(=O)(O)OCC1OC(n2cnc3c(N)ncnc32)C(O)C1OP(=O)(O)O)C(O)C(=O)NCCC(=O)NCCSC(=O)c1cccs1. The summed E-state index contributed by atoms with van der Waals surface area (Å²) in [4.78, 5) is 88.1. The van der Waals surface area contributed by atoms with Crippen molar-refractivity contribution in [3.8, 4) is 0 Å². The number of anilines is 1. The number of hydrogen-bond acceptors (Lipinski definition) is 19. The molecule has 29 heteroatoms. The Kier molecular flexibility index (Phi) is 15.3. The third-order valence-corrected chi connectivity index (χ3v) is 12.4. The average molecular weight is 878 g/mol. The summed E-state index contributed by atoms with van der Waals surface area (Å²) in [5.74, 6) is -1.14. The smallest absolute Gasteiger partial charge is 0.386 e. The van der Waals surface area contributed by atoms with Crippen molar-refractivity contribution < 1.29 is 80.5 Å². The van der Waals surface area contributed by atoms with Gasteiger partial charge >= 0.3 is 23.5 Å². The van der Waals surface area contributed by atoms with E-state index in [0.717, 1.165) is 29.0 Å². The van der Waals surface area contributed by atoms with Gasteiger partial charge in [-0.15, -0.1) is 11.3 Å². The molecule has 1 fully saturated rings. The van der Waals surface area contributed by atoms with Crippen molar-refractivity contribution in [3.05, 3.63) is 35.0 Å². The third kappa shape index (κ3) is 12.9. The predicted octanol–water partition coefficient (Wildman–Crippen LogP) is 0.0400. The van der Waals surface area contributed by atoms with Crippen LogP contribution in [0.1, 0.15) is 36.2 Å². The lowest BCUT2D eigenvalue weighted by Crippen LogP contribution is -2.46. The molecule has 3 aromatic rings. The van der Waals surface area contributed by atoms with Gasteiger partial charge in [0.15, 0.2) is 17.7 Å². The van der Waals surface area contributed by atoms with Crippen LogP contribution in [0.2, 0.25) is 0 Å². The lowest BCUT2D eigenvalue weighted by molar-refractivity contribution is -0.137. The molecule has 3 aromatic heterocycles. The summed E-state index contributed by atoms with van der Waals surface area (Å²) in [7, 11) is -16.4. The van der Waals surface area contributed by atoms with Gasteiger partial charge in [0.1, 0.15) is 36.3 Å². The van der Waals surface area contributed by atoms with Gasteiger partial charge in [-0.2, -0.15) is 4.31 Å². The van der Waals surface area contributed by atoms with Crippen LogP contribution in [-0.4, -0.2) is 123 Å². The number of rotatable bonds is 20. The van der Waals surface area contributed by atoms with E-state index < -0.39 is 84.6 Å². The van der Waals surface area contributed by atoms with Crippen LogP contribution in [0.15, 0.2) is 30.2 Å². The van der Waals surface area contributed by atoms with Gasteiger partial charge in [-0.25, -0.2) is 28.6 Å². The van der Waals surface area contributed by atoms with Crippen molar-refractivity contribution in [2.45, 2.75) is 50.9 Å².